The quantitative estimate of drug-likeness (QED) is 0.356. The lowest BCUT2D eigenvalue weighted by Gasteiger charge is -2.46. The molecule has 33 heavy (non-hydrogen) atoms. The Balaban J connectivity index is 1.64. The number of benzene rings is 3. The van der Waals surface area contributed by atoms with E-state index in [0.29, 0.717) is 30.2 Å². The van der Waals surface area contributed by atoms with Crippen LogP contribution in [0.4, 0.5) is 5.69 Å². The van der Waals surface area contributed by atoms with E-state index in [-0.39, 0.29) is 17.9 Å². The molecule has 6 nitrogen and oxygen atoms in total. The maximum atomic E-state index is 13.2. The number of anilines is 1. The van der Waals surface area contributed by atoms with Crippen LogP contribution in [0, 0.1) is 6.92 Å². The van der Waals surface area contributed by atoms with Gasteiger partial charge in [-0.2, -0.15) is 0 Å². The molecule has 0 saturated carbocycles. The number of rotatable bonds is 8. The molecular formula is C27H27NO5. The molecular weight excluding hydrogens is 418 g/mol. The van der Waals surface area contributed by atoms with Crippen LogP contribution in [0.3, 0.4) is 0 Å². The molecule has 1 saturated heterocycles. The number of aryl methyl sites for hydroxylation is 1. The highest BCUT2D eigenvalue weighted by Gasteiger charge is 2.51. The first-order valence-electron chi connectivity index (χ1n) is 11.1. The molecule has 4 rings (SSSR count). The summed E-state index contributed by atoms with van der Waals surface area (Å²) in [5.74, 6) is 0.932. The minimum absolute atomic E-state index is 0.138. The second-order valence-electron chi connectivity index (χ2n) is 7.73. The van der Waals surface area contributed by atoms with Crippen LogP contribution < -0.4 is 14.4 Å². The molecule has 3 aromatic carbocycles. The summed E-state index contributed by atoms with van der Waals surface area (Å²) in [6.45, 7) is 6.55. The van der Waals surface area contributed by atoms with E-state index in [1.165, 1.54) is 0 Å². The van der Waals surface area contributed by atoms with E-state index in [2.05, 4.69) is 0 Å². The van der Waals surface area contributed by atoms with E-state index in [4.69, 9.17) is 14.2 Å². The number of hydrogen-bond acceptors (Lipinski definition) is 5. The van der Waals surface area contributed by atoms with Crippen LogP contribution in [0.15, 0.2) is 72.8 Å². The van der Waals surface area contributed by atoms with Crippen LogP contribution in [-0.2, 0) is 9.53 Å². The zero-order chi connectivity index (χ0) is 23.4. The molecule has 2 atom stereocenters. The van der Waals surface area contributed by atoms with Gasteiger partial charge in [0.25, 0.3) is 5.91 Å². The normalized spacial score (nSPS) is 17.3. The number of para-hydroxylation sites is 1. The average Bonchev–Trinajstić information content (AvgIpc) is 2.83. The van der Waals surface area contributed by atoms with Crippen molar-refractivity contribution in [3.8, 4) is 11.5 Å². The highest BCUT2D eigenvalue weighted by atomic mass is 16.5. The highest BCUT2D eigenvalue weighted by molar-refractivity contribution is 6.05. The number of β-lactam (4-membered cyclic amide) rings is 1. The highest BCUT2D eigenvalue weighted by Crippen LogP contribution is 2.42. The lowest BCUT2D eigenvalue weighted by molar-refractivity contribution is -0.135. The monoisotopic (exact) mass is 445 g/mol. The Morgan fingerprint density at radius 1 is 0.909 bits per heavy atom. The average molecular weight is 446 g/mol. The van der Waals surface area contributed by atoms with Gasteiger partial charge in [-0.25, -0.2) is 4.79 Å². The molecule has 6 heteroatoms. The smallest absolute Gasteiger partial charge is 0.338 e. The van der Waals surface area contributed by atoms with Crippen LogP contribution in [0.25, 0.3) is 0 Å². The number of esters is 1. The Morgan fingerprint density at radius 3 is 2.24 bits per heavy atom. The van der Waals surface area contributed by atoms with Gasteiger partial charge in [0.1, 0.15) is 17.5 Å². The third-order valence-electron chi connectivity index (χ3n) is 5.58. The minimum atomic E-state index is -0.659. The number of carbonyl (C=O) groups is 2. The standard InChI is InChI=1S/C27H27NO5/c1-4-31-22-16-12-19(13-17-22)24-25(33-23-9-7-6-8-18(23)3)26(29)28(24)21-14-10-20(11-15-21)27(30)32-5-2/h6-17,24-25H,4-5H2,1-3H3. The van der Waals surface area contributed by atoms with Crippen LogP contribution in [-0.4, -0.2) is 31.2 Å². The fourth-order valence-corrected chi connectivity index (χ4v) is 3.91. The Morgan fingerprint density at radius 2 is 1.61 bits per heavy atom. The van der Waals surface area contributed by atoms with E-state index in [0.717, 1.165) is 16.9 Å². The topological polar surface area (TPSA) is 65.1 Å². The molecule has 0 radical (unpaired) electrons. The molecule has 3 aromatic rings. The van der Waals surface area contributed by atoms with Gasteiger partial charge in [0.2, 0.25) is 6.10 Å². The van der Waals surface area contributed by atoms with Crippen molar-refractivity contribution in [1.82, 2.24) is 0 Å². The third-order valence-corrected chi connectivity index (χ3v) is 5.58. The predicted molar refractivity (Wildman–Crippen MR) is 126 cm³/mol. The van der Waals surface area contributed by atoms with E-state index in [9.17, 15) is 9.59 Å². The first-order chi connectivity index (χ1) is 16.0. The molecule has 0 aliphatic carbocycles. The van der Waals surface area contributed by atoms with Crippen LogP contribution in [0.5, 0.6) is 11.5 Å². The Labute approximate surface area is 193 Å². The van der Waals surface area contributed by atoms with Crippen molar-refractivity contribution in [3.05, 3.63) is 89.5 Å². The predicted octanol–water partition coefficient (Wildman–Crippen LogP) is 5.11. The summed E-state index contributed by atoms with van der Waals surface area (Å²) in [4.78, 5) is 26.9. The number of amides is 1. The lowest BCUT2D eigenvalue weighted by atomic mass is 9.89. The fraction of sp³-hybridized carbons (Fsp3) is 0.259. The lowest BCUT2D eigenvalue weighted by Crippen LogP contribution is -2.61. The maximum Gasteiger partial charge on any atom is 0.338 e. The molecule has 170 valence electrons. The summed E-state index contributed by atoms with van der Waals surface area (Å²) in [6.07, 6.45) is -0.659. The molecule has 2 unspecified atom stereocenters. The number of ether oxygens (including phenoxy) is 3. The summed E-state index contributed by atoms with van der Waals surface area (Å²) in [5, 5.41) is 0. The first-order valence-corrected chi connectivity index (χ1v) is 11.1. The van der Waals surface area contributed by atoms with E-state index >= 15 is 0 Å². The van der Waals surface area contributed by atoms with Crippen molar-refractivity contribution < 1.29 is 23.8 Å². The maximum absolute atomic E-state index is 13.2. The van der Waals surface area contributed by atoms with E-state index in [1.807, 2.05) is 62.4 Å². The molecule has 1 aliphatic rings. The van der Waals surface area contributed by atoms with E-state index in [1.54, 1.807) is 36.1 Å². The van der Waals surface area contributed by atoms with Crippen LogP contribution in [0.1, 0.15) is 41.4 Å². The molecule has 0 bridgehead atoms. The van der Waals surface area contributed by atoms with Gasteiger partial charge in [0.15, 0.2) is 0 Å². The van der Waals surface area contributed by atoms with Crippen LogP contribution >= 0.6 is 0 Å². The van der Waals surface area contributed by atoms with Gasteiger partial charge in [0, 0.05) is 5.69 Å². The minimum Gasteiger partial charge on any atom is -0.494 e. The van der Waals surface area contributed by atoms with Crippen molar-refractivity contribution in [3.63, 3.8) is 0 Å². The zero-order valence-electron chi connectivity index (χ0n) is 19.0. The van der Waals surface area contributed by atoms with E-state index < -0.39 is 6.10 Å². The summed E-state index contributed by atoms with van der Waals surface area (Å²) in [7, 11) is 0. The summed E-state index contributed by atoms with van der Waals surface area (Å²) in [5.41, 5.74) is 3.04. The van der Waals surface area contributed by atoms with Gasteiger partial charge in [-0.3, -0.25) is 9.69 Å². The van der Waals surface area contributed by atoms with Crippen molar-refractivity contribution in [2.45, 2.75) is 32.9 Å². The van der Waals surface area contributed by atoms with Crippen molar-refractivity contribution in [2.75, 3.05) is 18.1 Å². The van der Waals surface area contributed by atoms with Crippen molar-refractivity contribution in [1.29, 1.82) is 0 Å². The number of hydrogen-bond donors (Lipinski definition) is 0. The SMILES string of the molecule is CCOC(=O)c1ccc(N2C(=O)C(Oc3ccccc3C)C2c2ccc(OCC)cc2)cc1. The molecule has 1 amide bonds. The van der Waals surface area contributed by atoms with Gasteiger partial charge in [-0.15, -0.1) is 0 Å². The fourth-order valence-electron chi connectivity index (χ4n) is 3.91. The van der Waals surface area contributed by atoms with Crippen molar-refractivity contribution >= 4 is 17.6 Å². The molecule has 1 heterocycles. The summed E-state index contributed by atoms with van der Waals surface area (Å²) < 4.78 is 16.8. The van der Waals surface area contributed by atoms with Crippen molar-refractivity contribution in [2.24, 2.45) is 0 Å². The molecule has 0 N–H and O–H groups in total. The van der Waals surface area contributed by atoms with Crippen LogP contribution in [0.2, 0.25) is 0 Å². The molecule has 1 fully saturated rings. The Hall–Kier alpha value is -3.80. The van der Waals surface area contributed by atoms with Gasteiger partial charge < -0.3 is 14.2 Å². The Bertz CT molecular complexity index is 1120. The molecule has 0 aromatic heterocycles. The zero-order valence-corrected chi connectivity index (χ0v) is 19.0. The summed E-state index contributed by atoms with van der Waals surface area (Å²) >= 11 is 0. The Kier molecular flexibility index (Phi) is 6.63. The van der Waals surface area contributed by atoms with Gasteiger partial charge in [-0.05, 0) is 74.4 Å². The summed E-state index contributed by atoms with van der Waals surface area (Å²) in [6, 6.07) is 21.9. The van der Waals surface area contributed by atoms with Gasteiger partial charge in [-0.1, -0.05) is 30.3 Å². The number of carbonyl (C=O) groups excluding carboxylic acids is 2. The second kappa shape index (κ2) is 9.77. The second-order valence-corrected chi connectivity index (χ2v) is 7.73. The third kappa shape index (κ3) is 4.55. The van der Waals surface area contributed by atoms with Gasteiger partial charge in [0.05, 0.1) is 18.8 Å². The largest absolute Gasteiger partial charge is 0.494 e. The van der Waals surface area contributed by atoms with Gasteiger partial charge >= 0.3 is 5.97 Å². The molecule has 0 spiro atoms. The first kappa shape index (κ1) is 22.4. The number of nitrogens with zero attached hydrogens (tertiary/aromatic N) is 1. The molecule has 1 aliphatic heterocycles.